The van der Waals surface area contributed by atoms with Gasteiger partial charge in [0.1, 0.15) is 0 Å². The van der Waals surface area contributed by atoms with E-state index >= 15 is 0 Å². The summed E-state index contributed by atoms with van der Waals surface area (Å²) in [6, 6.07) is 17.3. The van der Waals surface area contributed by atoms with Crippen LogP contribution in [0.1, 0.15) is 34.1 Å². The molecule has 0 N–H and O–H groups in total. The number of hydrogen-bond acceptors (Lipinski definition) is 0. The van der Waals surface area contributed by atoms with E-state index in [-0.39, 0.29) is 0 Å². The van der Waals surface area contributed by atoms with Crippen molar-refractivity contribution in [2.75, 3.05) is 0 Å². The number of fused-ring (bicyclic) bond motifs is 2. The molecule has 116 valence electrons. The molecule has 0 fully saturated rings. The second kappa shape index (κ2) is 7.97. The third-order valence-electron chi connectivity index (χ3n) is 4.60. The molecule has 2 aliphatic carbocycles. The van der Waals surface area contributed by atoms with Crippen LogP contribution in [-0.2, 0) is 20.8 Å². The predicted molar refractivity (Wildman–Crippen MR) is 97.0 cm³/mol. The molecule has 0 saturated heterocycles. The van der Waals surface area contributed by atoms with Crippen molar-refractivity contribution in [3.8, 4) is 0 Å². The first-order valence-electron chi connectivity index (χ1n) is 7.60. The van der Waals surface area contributed by atoms with Crippen LogP contribution in [0.5, 0.6) is 0 Å². The van der Waals surface area contributed by atoms with Gasteiger partial charge in [0.05, 0.1) is 0 Å². The number of allylic oxidation sites excluding steroid dienone is 2. The van der Waals surface area contributed by atoms with Crippen molar-refractivity contribution >= 4 is 29.2 Å². The Morgan fingerprint density at radius 1 is 0.783 bits per heavy atom. The van der Waals surface area contributed by atoms with Crippen molar-refractivity contribution in [3.63, 3.8) is 0 Å². The topological polar surface area (TPSA) is 0 Å². The normalized spacial score (nSPS) is 21.2. The molecule has 23 heavy (non-hydrogen) atoms. The summed E-state index contributed by atoms with van der Waals surface area (Å²) in [4.78, 5) is 0. The molecule has 0 heterocycles. The van der Waals surface area contributed by atoms with E-state index < -0.39 is 20.8 Å². The Balaban J connectivity index is 0.000000485. The summed E-state index contributed by atoms with van der Waals surface area (Å²) >= 11 is -0.826. The van der Waals surface area contributed by atoms with E-state index in [0.29, 0.717) is 17.8 Å². The maximum absolute atomic E-state index is 4.93. The summed E-state index contributed by atoms with van der Waals surface area (Å²) in [7, 11) is 9.87. The van der Waals surface area contributed by atoms with Gasteiger partial charge in [-0.25, -0.2) is 0 Å². The molecule has 0 bridgehead atoms. The third kappa shape index (κ3) is 3.58. The molecule has 0 radical (unpaired) electrons. The Morgan fingerprint density at radius 2 is 1.17 bits per heavy atom. The average Bonchev–Trinajstić information content (AvgIpc) is 3.19. The van der Waals surface area contributed by atoms with Crippen LogP contribution in [0.15, 0.2) is 60.7 Å². The van der Waals surface area contributed by atoms with Crippen molar-refractivity contribution in [1.29, 1.82) is 0 Å². The Kier molecular flexibility index (Phi) is 5.97. The number of rotatable bonds is 2. The van der Waals surface area contributed by atoms with Crippen LogP contribution in [0.2, 0.25) is 0 Å². The van der Waals surface area contributed by atoms with Gasteiger partial charge >= 0.3 is 37.9 Å². The minimum absolute atomic E-state index is 0.342. The van der Waals surface area contributed by atoms with Crippen LogP contribution >= 0.6 is 17.0 Å². The van der Waals surface area contributed by atoms with E-state index in [4.69, 9.17) is 17.0 Å². The second-order valence-electron chi connectivity index (χ2n) is 5.76. The van der Waals surface area contributed by atoms with Crippen molar-refractivity contribution in [2.45, 2.75) is 11.8 Å². The van der Waals surface area contributed by atoms with Gasteiger partial charge in [-0.3, -0.25) is 0 Å². The SMILES string of the molecule is [CH2-]C(C1C=Cc2ccccc21)C1C=Cc2ccccc21.[Cl][Zr][Cl]. The molecule has 2 unspecified atom stereocenters. The van der Waals surface area contributed by atoms with Gasteiger partial charge in [0, 0.05) is 0 Å². The first kappa shape index (κ1) is 17.2. The summed E-state index contributed by atoms with van der Waals surface area (Å²) < 4.78 is 0. The van der Waals surface area contributed by atoms with Crippen LogP contribution in [0.4, 0.5) is 0 Å². The Hall–Kier alpha value is -0.617. The van der Waals surface area contributed by atoms with Gasteiger partial charge in [-0.1, -0.05) is 72.8 Å². The molecule has 0 nitrogen and oxygen atoms in total. The first-order valence-corrected chi connectivity index (χ1v) is 13.9. The van der Waals surface area contributed by atoms with Crippen molar-refractivity contribution in [3.05, 3.63) is 89.9 Å². The van der Waals surface area contributed by atoms with E-state index in [1.807, 2.05) is 0 Å². The summed E-state index contributed by atoms with van der Waals surface area (Å²) in [6.45, 7) is 4.50. The second-order valence-corrected chi connectivity index (χ2v) is 9.49. The van der Waals surface area contributed by atoms with E-state index in [0.717, 1.165) is 0 Å². The van der Waals surface area contributed by atoms with Crippen LogP contribution in [0.3, 0.4) is 0 Å². The Morgan fingerprint density at radius 3 is 1.61 bits per heavy atom. The fourth-order valence-electron chi connectivity index (χ4n) is 3.52. The number of halogens is 2. The Bertz CT molecular complexity index is 674. The third-order valence-corrected chi connectivity index (χ3v) is 4.60. The van der Waals surface area contributed by atoms with Crippen molar-refractivity contribution in [2.24, 2.45) is 5.92 Å². The van der Waals surface area contributed by atoms with Gasteiger partial charge in [-0.15, -0.1) is 5.92 Å². The molecular weight excluding hydrogens is 402 g/mol. The zero-order chi connectivity index (χ0) is 16.2. The molecule has 4 rings (SSSR count). The molecule has 0 aromatic heterocycles. The van der Waals surface area contributed by atoms with E-state index in [1.54, 1.807) is 0 Å². The van der Waals surface area contributed by atoms with Gasteiger partial charge < -0.3 is 6.92 Å². The van der Waals surface area contributed by atoms with Crippen LogP contribution in [0, 0.1) is 12.8 Å². The van der Waals surface area contributed by atoms with Gasteiger partial charge in [0.2, 0.25) is 0 Å². The standard InChI is InChI=1S/C20H17.2ClH.Zr/c1-14(17-12-10-15-6-2-4-8-19(15)17)18-13-11-16-7-3-5-9-20(16)18;;;/h2-14,17-18H,1H2;2*1H;/q-1;;;+2/p-2. The fraction of sp³-hybridized carbons (Fsp3) is 0.150. The van der Waals surface area contributed by atoms with E-state index in [2.05, 4.69) is 79.8 Å². The molecule has 0 amide bonds. The first-order chi connectivity index (χ1) is 11.3. The summed E-state index contributed by atoms with van der Waals surface area (Å²) in [5.41, 5.74) is 5.54. The van der Waals surface area contributed by atoms with E-state index in [9.17, 15) is 0 Å². The quantitative estimate of drug-likeness (QED) is 0.492. The molecule has 2 aromatic rings. The zero-order valence-electron chi connectivity index (χ0n) is 12.6. The van der Waals surface area contributed by atoms with Crippen LogP contribution < -0.4 is 0 Å². The predicted octanol–water partition coefficient (Wildman–Crippen LogP) is 6.43. The van der Waals surface area contributed by atoms with Gasteiger partial charge in [-0.2, -0.15) is 0 Å². The zero-order valence-corrected chi connectivity index (χ0v) is 16.6. The van der Waals surface area contributed by atoms with E-state index in [1.165, 1.54) is 22.3 Å². The van der Waals surface area contributed by atoms with Crippen LogP contribution in [0.25, 0.3) is 12.2 Å². The molecule has 3 heteroatoms. The van der Waals surface area contributed by atoms with Gasteiger partial charge in [0.25, 0.3) is 0 Å². The molecule has 0 spiro atoms. The van der Waals surface area contributed by atoms with Gasteiger partial charge in [0.15, 0.2) is 0 Å². The average molecular weight is 419 g/mol. The van der Waals surface area contributed by atoms with Crippen molar-refractivity contribution in [1.82, 2.24) is 0 Å². The van der Waals surface area contributed by atoms with Gasteiger partial charge in [-0.05, 0) is 34.1 Å². The summed E-state index contributed by atoms with van der Waals surface area (Å²) in [5, 5.41) is 0. The molecule has 0 saturated carbocycles. The number of benzene rings is 2. The summed E-state index contributed by atoms with van der Waals surface area (Å²) in [6.07, 6.45) is 9.11. The summed E-state index contributed by atoms with van der Waals surface area (Å²) in [5.74, 6) is 1.19. The molecule has 2 aliphatic rings. The maximum atomic E-state index is 4.93. The molecule has 0 aliphatic heterocycles. The monoisotopic (exact) mass is 417 g/mol. The molecular formula is C20H17Cl2Zr-. The Labute approximate surface area is 156 Å². The van der Waals surface area contributed by atoms with Crippen LogP contribution in [-0.4, -0.2) is 0 Å². The molecule has 2 aromatic carbocycles. The molecule has 2 atom stereocenters. The number of hydrogen-bond donors (Lipinski definition) is 0. The van der Waals surface area contributed by atoms with Crippen molar-refractivity contribution < 1.29 is 20.8 Å². The minimum atomic E-state index is -0.826. The fourth-order valence-corrected chi connectivity index (χ4v) is 3.52.